The zero-order chi connectivity index (χ0) is 14.7. The standard InChI is InChI=1S/C15H21FN2O2/c1-10(17)13-9-12(16)5-6-14(13)20-11(2)15(19)18-7-3-4-8-18/h5-6,9-11H,3-4,7-8,17H2,1-2H3/t10-,11?/m1/s1. The lowest BCUT2D eigenvalue weighted by Gasteiger charge is -2.23. The van der Waals surface area contributed by atoms with Gasteiger partial charge in [-0.05, 0) is 44.9 Å². The van der Waals surface area contributed by atoms with E-state index in [-0.39, 0.29) is 17.8 Å². The molecule has 1 aliphatic rings. The van der Waals surface area contributed by atoms with Gasteiger partial charge in [0.2, 0.25) is 0 Å². The van der Waals surface area contributed by atoms with Crippen LogP contribution >= 0.6 is 0 Å². The molecule has 20 heavy (non-hydrogen) atoms. The van der Waals surface area contributed by atoms with Crippen molar-refractivity contribution >= 4 is 5.91 Å². The van der Waals surface area contributed by atoms with Crippen molar-refractivity contribution in [2.24, 2.45) is 5.73 Å². The number of carbonyl (C=O) groups is 1. The first-order chi connectivity index (χ1) is 9.49. The molecule has 0 aliphatic carbocycles. The second kappa shape index (κ2) is 6.22. The number of benzene rings is 1. The van der Waals surface area contributed by atoms with Crippen LogP contribution in [0.1, 0.15) is 38.3 Å². The molecule has 1 amide bonds. The molecular weight excluding hydrogens is 259 g/mol. The molecule has 0 spiro atoms. The summed E-state index contributed by atoms with van der Waals surface area (Å²) in [7, 11) is 0. The van der Waals surface area contributed by atoms with E-state index >= 15 is 0 Å². The van der Waals surface area contributed by atoms with Gasteiger partial charge in [0, 0.05) is 24.7 Å². The first-order valence-electron chi connectivity index (χ1n) is 6.99. The van der Waals surface area contributed by atoms with Gasteiger partial charge in [0.05, 0.1) is 0 Å². The second-order valence-electron chi connectivity index (χ2n) is 5.26. The summed E-state index contributed by atoms with van der Waals surface area (Å²) in [5.74, 6) is 0.0899. The van der Waals surface area contributed by atoms with Crippen LogP contribution in [0.4, 0.5) is 4.39 Å². The van der Waals surface area contributed by atoms with E-state index < -0.39 is 6.10 Å². The van der Waals surface area contributed by atoms with Gasteiger partial charge in [-0.25, -0.2) is 4.39 Å². The first-order valence-corrected chi connectivity index (χ1v) is 6.99. The Labute approximate surface area is 118 Å². The summed E-state index contributed by atoms with van der Waals surface area (Å²) < 4.78 is 19.0. The highest BCUT2D eigenvalue weighted by Gasteiger charge is 2.25. The molecule has 0 aromatic heterocycles. The third kappa shape index (κ3) is 3.28. The van der Waals surface area contributed by atoms with E-state index in [0.29, 0.717) is 11.3 Å². The Morgan fingerprint density at radius 1 is 1.35 bits per heavy atom. The summed E-state index contributed by atoms with van der Waals surface area (Å²) in [5, 5.41) is 0. The fraction of sp³-hybridized carbons (Fsp3) is 0.533. The molecule has 0 radical (unpaired) electrons. The predicted octanol–water partition coefficient (Wildman–Crippen LogP) is 2.24. The minimum Gasteiger partial charge on any atom is -0.481 e. The van der Waals surface area contributed by atoms with Gasteiger partial charge in [-0.1, -0.05) is 0 Å². The van der Waals surface area contributed by atoms with Gasteiger partial charge in [-0.15, -0.1) is 0 Å². The molecule has 5 heteroatoms. The lowest BCUT2D eigenvalue weighted by molar-refractivity contribution is -0.136. The Morgan fingerprint density at radius 3 is 2.60 bits per heavy atom. The van der Waals surface area contributed by atoms with E-state index in [1.54, 1.807) is 18.7 Å². The van der Waals surface area contributed by atoms with Crippen LogP contribution in [-0.2, 0) is 4.79 Å². The summed E-state index contributed by atoms with van der Waals surface area (Å²) in [5.41, 5.74) is 6.39. The molecule has 2 atom stereocenters. The van der Waals surface area contributed by atoms with Gasteiger partial charge in [-0.3, -0.25) is 4.79 Å². The number of hydrogen-bond acceptors (Lipinski definition) is 3. The van der Waals surface area contributed by atoms with E-state index in [0.717, 1.165) is 25.9 Å². The van der Waals surface area contributed by atoms with Crippen molar-refractivity contribution in [3.63, 3.8) is 0 Å². The summed E-state index contributed by atoms with van der Waals surface area (Å²) in [4.78, 5) is 14.0. The highest BCUT2D eigenvalue weighted by molar-refractivity contribution is 5.81. The molecule has 0 saturated carbocycles. The highest BCUT2D eigenvalue weighted by Crippen LogP contribution is 2.26. The molecule has 2 N–H and O–H groups in total. The van der Waals surface area contributed by atoms with Gasteiger partial charge < -0.3 is 15.4 Å². The average Bonchev–Trinajstić information content (AvgIpc) is 2.93. The normalized spacial score (nSPS) is 17.9. The summed E-state index contributed by atoms with van der Waals surface area (Å²) in [6, 6.07) is 3.85. The SMILES string of the molecule is CC(Oc1ccc(F)cc1[C@@H](C)N)C(=O)N1CCCC1. The second-order valence-corrected chi connectivity index (χ2v) is 5.26. The maximum atomic E-state index is 13.3. The van der Waals surface area contributed by atoms with Crippen molar-refractivity contribution in [3.8, 4) is 5.75 Å². The van der Waals surface area contributed by atoms with E-state index in [1.807, 2.05) is 0 Å². The first kappa shape index (κ1) is 14.8. The van der Waals surface area contributed by atoms with Gasteiger partial charge in [0.25, 0.3) is 5.91 Å². The molecule has 1 fully saturated rings. The summed E-state index contributed by atoms with van der Waals surface area (Å²) in [6.45, 7) is 5.05. The quantitative estimate of drug-likeness (QED) is 0.920. The van der Waals surface area contributed by atoms with Crippen LogP contribution in [0.3, 0.4) is 0 Å². The van der Waals surface area contributed by atoms with Crippen molar-refractivity contribution < 1.29 is 13.9 Å². The predicted molar refractivity (Wildman–Crippen MR) is 74.9 cm³/mol. The Kier molecular flexibility index (Phi) is 4.60. The lowest BCUT2D eigenvalue weighted by Crippen LogP contribution is -2.38. The maximum absolute atomic E-state index is 13.3. The number of carbonyl (C=O) groups excluding carboxylic acids is 1. The molecule has 1 heterocycles. The molecule has 2 rings (SSSR count). The highest BCUT2D eigenvalue weighted by atomic mass is 19.1. The van der Waals surface area contributed by atoms with Crippen LogP contribution in [-0.4, -0.2) is 30.0 Å². The molecule has 1 aromatic rings. The number of amides is 1. The van der Waals surface area contributed by atoms with Gasteiger partial charge in [0.15, 0.2) is 6.10 Å². The number of rotatable bonds is 4. The number of halogens is 1. The number of likely N-dealkylation sites (tertiary alicyclic amines) is 1. The van der Waals surface area contributed by atoms with E-state index in [4.69, 9.17) is 10.5 Å². The van der Waals surface area contributed by atoms with Crippen LogP contribution in [0.5, 0.6) is 5.75 Å². The Hall–Kier alpha value is -1.62. The number of nitrogens with zero attached hydrogens (tertiary/aromatic N) is 1. The van der Waals surface area contributed by atoms with Crippen molar-refractivity contribution in [1.82, 2.24) is 4.90 Å². The van der Waals surface area contributed by atoms with Crippen molar-refractivity contribution in [1.29, 1.82) is 0 Å². The lowest BCUT2D eigenvalue weighted by atomic mass is 10.1. The number of nitrogens with two attached hydrogens (primary N) is 1. The molecule has 0 bridgehead atoms. The molecule has 1 aliphatic heterocycles. The minimum atomic E-state index is -0.587. The van der Waals surface area contributed by atoms with Crippen molar-refractivity contribution in [2.45, 2.75) is 38.8 Å². The largest absolute Gasteiger partial charge is 0.481 e. The minimum absolute atomic E-state index is 0.0255. The van der Waals surface area contributed by atoms with Gasteiger partial charge in [-0.2, -0.15) is 0 Å². The van der Waals surface area contributed by atoms with Crippen LogP contribution in [0.25, 0.3) is 0 Å². The summed E-state index contributed by atoms with van der Waals surface area (Å²) in [6.07, 6.45) is 1.50. The monoisotopic (exact) mass is 280 g/mol. The van der Waals surface area contributed by atoms with Crippen LogP contribution < -0.4 is 10.5 Å². The average molecular weight is 280 g/mol. The van der Waals surface area contributed by atoms with Gasteiger partial charge in [0.1, 0.15) is 11.6 Å². The molecular formula is C15H21FN2O2. The Morgan fingerprint density at radius 2 is 2.00 bits per heavy atom. The molecule has 4 nitrogen and oxygen atoms in total. The molecule has 1 saturated heterocycles. The van der Waals surface area contributed by atoms with Crippen LogP contribution in [0.15, 0.2) is 18.2 Å². The van der Waals surface area contributed by atoms with Crippen LogP contribution in [0.2, 0.25) is 0 Å². The molecule has 1 unspecified atom stereocenters. The van der Waals surface area contributed by atoms with E-state index in [9.17, 15) is 9.18 Å². The zero-order valence-electron chi connectivity index (χ0n) is 11.9. The topological polar surface area (TPSA) is 55.6 Å². The Bertz CT molecular complexity index is 485. The van der Waals surface area contributed by atoms with E-state index in [1.165, 1.54) is 18.2 Å². The third-order valence-electron chi connectivity index (χ3n) is 3.53. The fourth-order valence-electron chi connectivity index (χ4n) is 2.42. The Balaban J connectivity index is 2.10. The maximum Gasteiger partial charge on any atom is 0.263 e. The molecule has 1 aromatic carbocycles. The van der Waals surface area contributed by atoms with Gasteiger partial charge >= 0.3 is 0 Å². The van der Waals surface area contributed by atoms with Crippen molar-refractivity contribution in [2.75, 3.05) is 13.1 Å². The zero-order valence-corrected chi connectivity index (χ0v) is 11.9. The third-order valence-corrected chi connectivity index (χ3v) is 3.53. The molecule has 110 valence electrons. The van der Waals surface area contributed by atoms with Crippen LogP contribution in [0, 0.1) is 5.82 Å². The fourth-order valence-corrected chi connectivity index (χ4v) is 2.42. The number of hydrogen-bond donors (Lipinski definition) is 1. The van der Waals surface area contributed by atoms with E-state index in [2.05, 4.69) is 0 Å². The smallest absolute Gasteiger partial charge is 0.263 e. The van der Waals surface area contributed by atoms with Crippen molar-refractivity contribution in [3.05, 3.63) is 29.6 Å². The summed E-state index contributed by atoms with van der Waals surface area (Å²) >= 11 is 0. The number of ether oxygens (including phenoxy) is 1.